The molecule has 0 saturated heterocycles. The third-order valence-electron chi connectivity index (χ3n) is 1.82. The Labute approximate surface area is 102 Å². The number of aromatic nitrogens is 2. The van der Waals surface area contributed by atoms with Crippen molar-refractivity contribution in [3.05, 3.63) is 47.9 Å². The molecule has 0 fully saturated rings. The van der Waals surface area contributed by atoms with Gasteiger partial charge in [-0.25, -0.2) is 14.8 Å². The van der Waals surface area contributed by atoms with Crippen molar-refractivity contribution in [1.82, 2.24) is 9.97 Å². The highest BCUT2D eigenvalue weighted by Crippen LogP contribution is 2.11. The van der Waals surface area contributed by atoms with E-state index in [0.717, 1.165) is 0 Å². The summed E-state index contributed by atoms with van der Waals surface area (Å²) in [4.78, 5) is 19.0. The van der Waals surface area contributed by atoms with Gasteiger partial charge >= 0.3 is 6.09 Å². The van der Waals surface area contributed by atoms with E-state index in [0.29, 0.717) is 5.75 Å². The Balaban J connectivity index is 1.98. The second-order valence-electron chi connectivity index (χ2n) is 3.05. The number of para-hydroxylation sites is 1. The highest BCUT2D eigenvalue weighted by atomic mass is 35.5. The Hall–Kier alpha value is -2.14. The van der Waals surface area contributed by atoms with Crippen LogP contribution in [0, 0.1) is 0 Å². The molecule has 1 aromatic carbocycles. The van der Waals surface area contributed by atoms with Crippen molar-refractivity contribution in [1.29, 1.82) is 0 Å². The molecule has 0 atom stereocenters. The number of benzene rings is 1. The summed E-state index contributed by atoms with van der Waals surface area (Å²) in [5.74, 6) is 0.732. The minimum absolute atomic E-state index is 0.245. The van der Waals surface area contributed by atoms with Crippen LogP contribution in [0.25, 0.3) is 0 Å². The largest absolute Gasteiger partial charge is 0.418 e. The first-order valence-corrected chi connectivity index (χ1v) is 5.13. The average molecular weight is 250 g/mol. The molecule has 17 heavy (non-hydrogen) atoms. The molecule has 0 aliphatic carbocycles. The van der Waals surface area contributed by atoms with Crippen LogP contribution in [0.2, 0.25) is 5.15 Å². The minimum atomic E-state index is -0.633. The van der Waals surface area contributed by atoms with Gasteiger partial charge < -0.3 is 4.74 Å². The van der Waals surface area contributed by atoms with Gasteiger partial charge in [0.1, 0.15) is 23.0 Å². The highest BCUT2D eigenvalue weighted by Gasteiger charge is 2.05. The summed E-state index contributed by atoms with van der Waals surface area (Å²) in [6.45, 7) is 0. The van der Waals surface area contributed by atoms with E-state index < -0.39 is 6.09 Å². The van der Waals surface area contributed by atoms with Gasteiger partial charge in [-0.15, -0.1) is 0 Å². The van der Waals surface area contributed by atoms with E-state index in [-0.39, 0.29) is 11.0 Å². The van der Waals surface area contributed by atoms with E-state index in [1.807, 2.05) is 6.07 Å². The number of anilines is 1. The van der Waals surface area contributed by atoms with Crippen molar-refractivity contribution in [2.24, 2.45) is 0 Å². The summed E-state index contributed by atoms with van der Waals surface area (Å²) in [5.41, 5.74) is 0. The number of carbonyl (C=O) groups is 1. The minimum Gasteiger partial charge on any atom is -0.410 e. The molecule has 6 heteroatoms. The molecule has 0 radical (unpaired) electrons. The fraction of sp³-hybridized carbons (Fsp3) is 0. The van der Waals surface area contributed by atoms with Gasteiger partial charge in [0.05, 0.1) is 0 Å². The van der Waals surface area contributed by atoms with Crippen molar-refractivity contribution in [3.63, 3.8) is 0 Å². The number of halogens is 1. The normalized spacial score (nSPS) is 9.71. The van der Waals surface area contributed by atoms with Crippen LogP contribution >= 0.6 is 11.6 Å². The summed E-state index contributed by atoms with van der Waals surface area (Å²) in [6, 6.07) is 10.1. The molecular weight excluding hydrogens is 242 g/mol. The maximum absolute atomic E-state index is 11.5. The van der Waals surface area contributed by atoms with Crippen molar-refractivity contribution in [2.75, 3.05) is 5.32 Å². The van der Waals surface area contributed by atoms with Crippen molar-refractivity contribution >= 4 is 23.5 Å². The molecule has 1 heterocycles. The van der Waals surface area contributed by atoms with Crippen molar-refractivity contribution in [2.45, 2.75) is 0 Å². The first kappa shape index (κ1) is 11.3. The van der Waals surface area contributed by atoms with Crippen LogP contribution in [0.3, 0.4) is 0 Å². The zero-order valence-corrected chi connectivity index (χ0v) is 9.39. The molecule has 5 nitrogen and oxygen atoms in total. The summed E-state index contributed by atoms with van der Waals surface area (Å²) in [7, 11) is 0. The smallest absolute Gasteiger partial charge is 0.410 e. The van der Waals surface area contributed by atoms with Gasteiger partial charge in [-0.05, 0) is 12.1 Å². The molecule has 1 aromatic heterocycles. The summed E-state index contributed by atoms with van der Waals surface area (Å²) >= 11 is 5.65. The number of nitrogens with one attached hydrogen (secondary N) is 1. The maximum Gasteiger partial charge on any atom is 0.418 e. The lowest BCUT2D eigenvalue weighted by molar-refractivity contribution is 0.215. The van der Waals surface area contributed by atoms with E-state index in [1.54, 1.807) is 24.3 Å². The Morgan fingerprint density at radius 1 is 1.24 bits per heavy atom. The third-order valence-corrected chi connectivity index (χ3v) is 2.02. The molecule has 2 rings (SSSR count). The van der Waals surface area contributed by atoms with Gasteiger partial charge in [-0.1, -0.05) is 29.8 Å². The van der Waals surface area contributed by atoms with Gasteiger partial charge in [0.25, 0.3) is 0 Å². The Morgan fingerprint density at radius 3 is 2.71 bits per heavy atom. The highest BCUT2D eigenvalue weighted by molar-refractivity contribution is 6.29. The molecule has 1 N–H and O–H groups in total. The molecule has 0 unspecified atom stereocenters. The molecule has 2 aromatic rings. The van der Waals surface area contributed by atoms with E-state index in [1.165, 1.54) is 12.4 Å². The molecule has 86 valence electrons. The van der Waals surface area contributed by atoms with Gasteiger partial charge in [0, 0.05) is 6.07 Å². The maximum atomic E-state index is 11.5. The van der Waals surface area contributed by atoms with Gasteiger partial charge in [0.15, 0.2) is 0 Å². The average Bonchev–Trinajstić information content (AvgIpc) is 2.30. The molecule has 0 saturated carbocycles. The number of carbonyl (C=O) groups excluding carboxylic acids is 1. The Morgan fingerprint density at radius 2 is 2.00 bits per heavy atom. The number of rotatable bonds is 2. The monoisotopic (exact) mass is 249 g/mol. The van der Waals surface area contributed by atoms with E-state index >= 15 is 0 Å². The lowest BCUT2D eigenvalue weighted by Crippen LogP contribution is -2.17. The first-order chi connectivity index (χ1) is 8.24. The van der Waals surface area contributed by atoms with Crippen LogP contribution in [0.4, 0.5) is 10.6 Å². The van der Waals surface area contributed by atoms with E-state index in [2.05, 4.69) is 15.3 Å². The summed E-state index contributed by atoms with van der Waals surface area (Å²) < 4.78 is 5.00. The first-order valence-electron chi connectivity index (χ1n) is 4.75. The van der Waals surface area contributed by atoms with E-state index in [4.69, 9.17) is 16.3 Å². The zero-order valence-electron chi connectivity index (χ0n) is 8.63. The second-order valence-corrected chi connectivity index (χ2v) is 3.44. The predicted octanol–water partition coefficient (Wildman–Crippen LogP) is 2.74. The third kappa shape index (κ3) is 3.42. The van der Waals surface area contributed by atoms with E-state index in [9.17, 15) is 4.79 Å². The molecule has 0 bridgehead atoms. The summed E-state index contributed by atoms with van der Waals surface area (Å²) in [6.07, 6.45) is 0.617. The molecular formula is C11H8ClN3O2. The van der Waals surface area contributed by atoms with Crippen LogP contribution in [-0.4, -0.2) is 16.1 Å². The molecule has 0 aliphatic heterocycles. The Kier molecular flexibility index (Phi) is 3.52. The predicted molar refractivity (Wildman–Crippen MR) is 63.1 cm³/mol. The van der Waals surface area contributed by atoms with Crippen LogP contribution in [0.1, 0.15) is 0 Å². The second kappa shape index (κ2) is 5.27. The summed E-state index contributed by atoms with van der Waals surface area (Å²) in [5, 5.41) is 2.68. The number of amides is 1. The van der Waals surface area contributed by atoms with Crippen LogP contribution in [-0.2, 0) is 0 Å². The van der Waals surface area contributed by atoms with Crippen molar-refractivity contribution in [3.8, 4) is 5.75 Å². The topological polar surface area (TPSA) is 64.1 Å². The van der Waals surface area contributed by atoms with Gasteiger partial charge in [0.2, 0.25) is 0 Å². The van der Waals surface area contributed by atoms with Crippen LogP contribution in [0.15, 0.2) is 42.7 Å². The van der Waals surface area contributed by atoms with Crippen molar-refractivity contribution < 1.29 is 9.53 Å². The zero-order chi connectivity index (χ0) is 12.1. The number of ether oxygens (including phenoxy) is 1. The fourth-order valence-electron chi connectivity index (χ4n) is 1.13. The quantitative estimate of drug-likeness (QED) is 0.831. The number of hydrogen-bond acceptors (Lipinski definition) is 4. The molecule has 0 spiro atoms. The van der Waals surface area contributed by atoms with Gasteiger partial charge in [-0.2, -0.15) is 0 Å². The standard InChI is InChI=1S/C11H8ClN3O2/c12-9-6-10(14-7-13-9)15-11(16)17-8-4-2-1-3-5-8/h1-7H,(H,13,14,15,16). The lowest BCUT2D eigenvalue weighted by atomic mass is 10.3. The fourth-order valence-corrected chi connectivity index (χ4v) is 1.27. The lowest BCUT2D eigenvalue weighted by Gasteiger charge is -2.05. The van der Waals surface area contributed by atoms with Gasteiger partial charge in [-0.3, -0.25) is 5.32 Å². The number of nitrogens with zero attached hydrogens (tertiary/aromatic N) is 2. The Bertz CT molecular complexity index is 519. The SMILES string of the molecule is O=C(Nc1cc(Cl)ncn1)Oc1ccccc1. The molecule has 1 amide bonds. The molecule has 0 aliphatic rings. The van der Waals surface area contributed by atoms with Crippen LogP contribution in [0.5, 0.6) is 5.75 Å². The number of hydrogen-bond donors (Lipinski definition) is 1. The van der Waals surface area contributed by atoms with Crippen LogP contribution < -0.4 is 10.1 Å².